The minimum atomic E-state index is -0.260. The maximum Gasteiger partial charge on any atom is 0.268 e. The van der Waals surface area contributed by atoms with E-state index in [1.54, 1.807) is 6.33 Å². The van der Waals surface area contributed by atoms with Gasteiger partial charge in [0.15, 0.2) is 0 Å². The predicted molar refractivity (Wildman–Crippen MR) is 145 cm³/mol. The number of carbonyl (C=O) groups excluding carboxylic acids is 1. The average molecular weight is 519 g/mol. The zero-order valence-corrected chi connectivity index (χ0v) is 20.9. The van der Waals surface area contributed by atoms with Crippen molar-refractivity contribution in [1.82, 2.24) is 19.9 Å². The molecule has 0 unspecified atom stereocenters. The van der Waals surface area contributed by atoms with Crippen molar-refractivity contribution in [3.63, 3.8) is 0 Å². The van der Waals surface area contributed by atoms with Crippen LogP contribution in [0, 0.1) is 0 Å². The number of imidazole rings is 1. The third-order valence-electron chi connectivity index (χ3n) is 6.00. The molecule has 0 radical (unpaired) electrons. The van der Waals surface area contributed by atoms with Crippen molar-refractivity contribution in [2.45, 2.75) is 13.0 Å². The Bertz CT molecular complexity index is 1510. The Kier molecular flexibility index (Phi) is 7.09. The van der Waals surface area contributed by atoms with Crippen LogP contribution in [0.15, 0.2) is 79.1 Å². The number of fused-ring (bicyclic) bond motifs is 1. The summed E-state index contributed by atoms with van der Waals surface area (Å²) in [5.74, 6) is -0.260. The smallest absolute Gasteiger partial charge is 0.268 e. The zero-order chi connectivity index (χ0) is 25.1. The number of aliphatic hydroxyl groups excluding tert-OH is 1. The maximum atomic E-state index is 13.3. The lowest BCUT2D eigenvalue weighted by Gasteiger charge is -2.13. The Hall–Kier alpha value is -3.58. The summed E-state index contributed by atoms with van der Waals surface area (Å²) in [6, 6.07) is 23.1. The summed E-state index contributed by atoms with van der Waals surface area (Å²) in [5, 5.41) is 14.2. The largest absolute Gasteiger partial charge is 0.396 e. The molecule has 0 atom stereocenters. The van der Waals surface area contributed by atoms with E-state index < -0.39 is 0 Å². The molecule has 3 N–H and O–H groups in total. The van der Waals surface area contributed by atoms with Crippen molar-refractivity contribution in [3.8, 4) is 22.5 Å². The fraction of sp³-hybridized carbons (Fsp3) is 0.143. The minimum absolute atomic E-state index is 0.00145. The van der Waals surface area contributed by atoms with Gasteiger partial charge in [0, 0.05) is 51.8 Å². The maximum absolute atomic E-state index is 13.3. The first kappa shape index (κ1) is 24.1. The van der Waals surface area contributed by atoms with Crippen LogP contribution in [0.2, 0.25) is 10.0 Å². The lowest BCUT2D eigenvalue weighted by Crippen LogP contribution is -2.26. The average Bonchev–Trinajstić information content (AvgIpc) is 3.46. The highest BCUT2D eigenvalue weighted by Gasteiger charge is 2.25. The third-order valence-corrected chi connectivity index (χ3v) is 6.48. The number of nitrogens with one attached hydrogen (secondary N) is 2. The highest BCUT2D eigenvalue weighted by atomic mass is 35.5. The van der Waals surface area contributed by atoms with E-state index in [1.807, 2.05) is 77.4 Å². The molecule has 3 aromatic carbocycles. The molecule has 36 heavy (non-hydrogen) atoms. The number of aliphatic hydroxyl groups is 1. The van der Waals surface area contributed by atoms with Crippen molar-refractivity contribution in [1.29, 1.82) is 0 Å². The van der Waals surface area contributed by atoms with E-state index in [0.717, 1.165) is 39.0 Å². The second kappa shape index (κ2) is 10.6. The van der Waals surface area contributed by atoms with Gasteiger partial charge in [-0.1, -0.05) is 71.7 Å². The number of aromatic amines is 1. The van der Waals surface area contributed by atoms with E-state index in [9.17, 15) is 4.79 Å². The van der Waals surface area contributed by atoms with Gasteiger partial charge in [-0.05, 0) is 36.2 Å². The van der Waals surface area contributed by atoms with Crippen molar-refractivity contribution < 1.29 is 9.90 Å². The molecule has 2 aromatic heterocycles. The van der Waals surface area contributed by atoms with Gasteiger partial charge in [0.25, 0.3) is 5.91 Å². The molecule has 0 saturated heterocycles. The van der Waals surface area contributed by atoms with E-state index in [4.69, 9.17) is 33.3 Å². The summed E-state index contributed by atoms with van der Waals surface area (Å²) >= 11 is 12.4. The van der Waals surface area contributed by atoms with Gasteiger partial charge in [-0.3, -0.25) is 4.79 Å². The van der Waals surface area contributed by atoms with Crippen LogP contribution in [-0.2, 0) is 6.54 Å². The minimum Gasteiger partial charge on any atom is -0.396 e. The van der Waals surface area contributed by atoms with Gasteiger partial charge in [-0.15, -0.1) is 0 Å². The van der Waals surface area contributed by atoms with E-state index in [2.05, 4.69) is 10.3 Å². The quantitative estimate of drug-likeness (QED) is 0.215. The normalized spacial score (nSPS) is 11.2. The number of nitrogens with zero attached hydrogens (tertiary/aromatic N) is 2. The Morgan fingerprint density at radius 1 is 1.00 bits per heavy atom. The van der Waals surface area contributed by atoms with Crippen LogP contribution in [-0.4, -0.2) is 38.7 Å². The number of hydrogen-bond donors (Lipinski definition) is 3. The number of amides is 1. The molecular formula is C28H24Cl2N4O2. The monoisotopic (exact) mass is 518 g/mol. The van der Waals surface area contributed by atoms with Crippen LogP contribution in [0.25, 0.3) is 33.4 Å². The molecule has 5 rings (SSSR count). The predicted octanol–water partition coefficient (Wildman–Crippen LogP) is 6.17. The summed E-state index contributed by atoms with van der Waals surface area (Å²) in [5.41, 5.74) is 5.49. The molecule has 6 nitrogen and oxygen atoms in total. The fourth-order valence-electron chi connectivity index (χ4n) is 4.31. The number of benzene rings is 3. The summed E-state index contributed by atoms with van der Waals surface area (Å²) in [6.07, 6.45) is 2.27. The topological polar surface area (TPSA) is 82.9 Å². The fourth-order valence-corrected chi connectivity index (χ4v) is 4.61. The van der Waals surface area contributed by atoms with E-state index >= 15 is 0 Å². The van der Waals surface area contributed by atoms with Gasteiger partial charge in [-0.25, -0.2) is 4.98 Å². The molecule has 0 aliphatic heterocycles. The molecule has 0 aliphatic carbocycles. The van der Waals surface area contributed by atoms with E-state index in [0.29, 0.717) is 35.2 Å². The lowest BCUT2D eigenvalue weighted by molar-refractivity contribution is 0.0947. The molecule has 0 fully saturated rings. The van der Waals surface area contributed by atoms with E-state index in [-0.39, 0.29) is 12.5 Å². The molecule has 182 valence electrons. The molecule has 0 bridgehead atoms. The van der Waals surface area contributed by atoms with Crippen molar-refractivity contribution in [2.24, 2.45) is 0 Å². The standard InChI is InChI=1S/C28H24Cl2N4O2/c29-20-9-7-18(8-10-20)16-34-17-32-25(19-5-2-1-3-6-19)27(34)24-22-12-11-21(30)15-23(22)33-26(24)28(36)31-13-4-14-35/h1-3,5-12,15,17,33,35H,4,13-14,16H2,(H,31,36). The number of carbonyl (C=O) groups is 1. The van der Waals surface area contributed by atoms with Gasteiger partial charge < -0.3 is 20.0 Å². The number of aromatic nitrogens is 3. The summed E-state index contributed by atoms with van der Waals surface area (Å²) in [4.78, 5) is 21.4. The molecular weight excluding hydrogens is 495 g/mol. The Labute approximate surface area is 218 Å². The van der Waals surface area contributed by atoms with Gasteiger partial charge in [-0.2, -0.15) is 0 Å². The molecule has 1 amide bonds. The number of halogens is 2. The van der Waals surface area contributed by atoms with Crippen LogP contribution in [0.4, 0.5) is 0 Å². The molecule has 0 aliphatic rings. The van der Waals surface area contributed by atoms with Gasteiger partial charge >= 0.3 is 0 Å². The Morgan fingerprint density at radius 3 is 2.50 bits per heavy atom. The van der Waals surface area contributed by atoms with Gasteiger partial charge in [0.2, 0.25) is 0 Å². The SMILES string of the molecule is O=C(NCCCO)c1[nH]c2cc(Cl)ccc2c1-c1c(-c2ccccc2)ncn1Cc1ccc(Cl)cc1. The first-order chi connectivity index (χ1) is 17.5. The van der Waals surface area contributed by atoms with Crippen molar-refractivity contribution in [2.75, 3.05) is 13.2 Å². The van der Waals surface area contributed by atoms with Crippen LogP contribution < -0.4 is 5.32 Å². The van der Waals surface area contributed by atoms with Crippen LogP contribution in [0.1, 0.15) is 22.5 Å². The van der Waals surface area contributed by atoms with Crippen LogP contribution in [0.3, 0.4) is 0 Å². The van der Waals surface area contributed by atoms with Crippen molar-refractivity contribution >= 4 is 40.0 Å². The van der Waals surface area contributed by atoms with Gasteiger partial charge in [0.1, 0.15) is 5.69 Å². The van der Waals surface area contributed by atoms with Crippen LogP contribution >= 0.6 is 23.2 Å². The summed E-state index contributed by atoms with van der Waals surface area (Å²) in [6.45, 7) is 0.903. The Balaban J connectivity index is 1.73. The second-order valence-electron chi connectivity index (χ2n) is 8.46. The number of H-pyrrole nitrogens is 1. The Morgan fingerprint density at radius 2 is 1.75 bits per heavy atom. The van der Waals surface area contributed by atoms with Gasteiger partial charge in [0.05, 0.1) is 17.7 Å². The highest BCUT2D eigenvalue weighted by Crippen LogP contribution is 2.39. The lowest BCUT2D eigenvalue weighted by atomic mass is 10.0. The highest BCUT2D eigenvalue weighted by molar-refractivity contribution is 6.31. The molecule has 2 heterocycles. The molecule has 0 saturated carbocycles. The molecule has 5 aromatic rings. The number of hydrogen-bond acceptors (Lipinski definition) is 3. The molecule has 0 spiro atoms. The molecule has 8 heteroatoms. The van der Waals surface area contributed by atoms with Crippen molar-refractivity contribution in [3.05, 3.63) is 100 Å². The first-order valence-electron chi connectivity index (χ1n) is 11.6. The second-order valence-corrected chi connectivity index (χ2v) is 9.33. The zero-order valence-electron chi connectivity index (χ0n) is 19.3. The first-order valence-corrected chi connectivity index (χ1v) is 12.4. The van der Waals surface area contributed by atoms with E-state index in [1.165, 1.54) is 0 Å². The van der Waals surface area contributed by atoms with Crippen LogP contribution in [0.5, 0.6) is 0 Å². The number of rotatable bonds is 8. The summed E-state index contributed by atoms with van der Waals surface area (Å²) < 4.78 is 2.05. The third kappa shape index (κ3) is 4.88. The summed E-state index contributed by atoms with van der Waals surface area (Å²) in [7, 11) is 0.